The van der Waals surface area contributed by atoms with Crippen LogP contribution in [0.4, 0.5) is 11.4 Å². The van der Waals surface area contributed by atoms with Gasteiger partial charge < -0.3 is 10.5 Å². The summed E-state index contributed by atoms with van der Waals surface area (Å²) in [7, 11) is 0. The van der Waals surface area contributed by atoms with Crippen LogP contribution in [0, 0.1) is 0 Å². The molecule has 0 unspecified atom stereocenters. The third-order valence-electron chi connectivity index (χ3n) is 3.49. The first-order valence-electron chi connectivity index (χ1n) is 7.21. The third-order valence-corrected chi connectivity index (χ3v) is 4.70. The van der Waals surface area contributed by atoms with Crippen LogP contribution >= 0.6 is 11.8 Å². The highest BCUT2D eigenvalue weighted by Crippen LogP contribution is 2.44. The first-order chi connectivity index (χ1) is 10.7. The molecule has 0 spiro atoms. The minimum Gasteiger partial charge on any atom is -0.492 e. The van der Waals surface area contributed by atoms with Crippen LogP contribution in [0.25, 0.3) is 0 Å². The topological polar surface area (TPSA) is 55.6 Å². The molecule has 0 bridgehead atoms. The van der Waals surface area contributed by atoms with Crippen LogP contribution in [0.1, 0.15) is 17.9 Å². The molecule has 1 aliphatic rings. The number of nitrogens with two attached hydrogens (primary N) is 1. The number of benzene rings is 2. The van der Waals surface area contributed by atoms with Gasteiger partial charge in [0, 0.05) is 5.69 Å². The molecule has 1 amide bonds. The maximum Gasteiger partial charge on any atom is 0.238 e. The number of amides is 1. The van der Waals surface area contributed by atoms with E-state index in [1.165, 1.54) is 0 Å². The summed E-state index contributed by atoms with van der Waals surface area (Å²) in [4.78, 5) is 14.2. The maximum atomic E-state index is 12.4. The van der Waals surface area contributed by atoms with Gasteiger partial charge in [0.05, 0.1) is 18.0 Å². The standard InChI is InChI=1S/C17H18N2O2S/c1-2-21-15-9-4-3-8-14(15)19-16(20)11-22-17(19)12-6-5-7-13(18)10-12/h3-10,17H,2,11,18H2,1H3/t17-/m0/s1. The van der Waals surface area contributed by atoms with Crippen LogP contribution in [-0.2, 0) is 4.79 Å². The molecule has 0 radical (unpaired) electrons. The highest BCUT2D eigenvalue weighted by molar-refractivity contribution is 8.00. The zero-order valence-corrected chi connectivity index (χ0v) is 13.2. The van der Waals surface area contributed by atoms with E-state index in [2.05, 4.69) is 0 Å². The van der Waals surface area contributed by atoms with E-state index in [0.717, 1.165) is 17.0 Å². The van der Waals surface area contributed by atoms with E-state index in [9.17, 15) is 4.79 Å². The second-order valence-electron chi connectivity index (χ2n) is 5.00. The molecule has 1 aliphatic heterocycles. The molecule has 2 N–H and O–H groups in total. The molecule has 1 atom stereocenters. The van der Waals surface area contributed by atoms with E-state index in [0.29, 0.717) is 18.0 Å². The molecule has 1 fully saturated rings. The van der Waals surface area contributed by atoms with Gasteiger partial charge in [-0.3, -0.25) is 9.69 Å². The Morgan fingerprint density at radius 3 is 2.86 bits per heavy atom. The largest absolute Gasteiger partial charge is 0.492 e. The number of hydrogen-bond acceptors (Lipinski definition) is 4. The number of para-hydroxylation sites is 2. The molecule has 114 valence electrons. The zero-order chi connectivity index (χ0) is 15.5. The second-order valence-corrected chi connectivity index (χ2v) is 6.07. The number of nitrogen functional groups attached to an aromatic ring is 1. The Balaban J connectivity index is 2.02. The van der Waals surface area contributed by atoms with E-state index in [1.54, 1.807) is 11.8 Å². The third kappa shape index (κ3) is 2.76. The van der Waals surface area contributed by atoms with Crippen LogP contribution < -0.4 is 15.4 Å². The number of thioether (sulfide) groups is 1. The summed E-state index contributed by atoms with van der Waals surface area (Å²) in [5.41, 5.74) is 8.43. The lowest BCUT2D eigenvalue weighted by atomic mass is 10.1. The van der Waals surface area contributed by atoms with Crippen molar-refractivity contribution in [2.75, 3.05) is 23.0 Å². The smallest absolute Gasteiger partial charge is 0.238 e. The summed E-state index contributed by atoms with van der Waals surface area (Å²) in [6.07, 6.45) is 0. The Morgan fingerprint density at radius 1 is 1.27 bits per heavy atom. The van der Waals surface area contributed by atoms with Gasteiger partial charge in [-0.2, -0.15) is 0 Å². The number of rotatable bonds is 4. The van der Waals surface area contributed by atoms with Crippen LogP contribution in [0.5, 0.6) is 5.75 Å². The van der Waals surface area contributed by atoms with Gasteiger partial charge in [-0.05, 0) is 36.8 Å². The summed E-state index contributed by atoms with van der Waals surface area (Å²) in [5.74, 6) is 1.28. The zero-order valence-electron chi connectivity index (χ0n) is 12.4. The van der Waals surface area contributed by atoms with E-state index in [1.807, 2.05) is 60.4 Å². The molecule has 4 nitrogen and oxygen atoms in total. The predicted octanol–water partition coefficient (Wildman–Crippen LogP) is 3.45. The maximum absolute atomic E-state index is 12.4. The highest BCUT2D eigenvalue weighted by Gasteiger charge is 2.35. The molecule has 22 heavy (non-hydrogen) atoms. The lowest BCUT2D eigenvalue weighted by Gasteiger charge is -2.26. The Morgan fingerprint density at radius 2 is 2.09 bits per heavy atom. The normalized spacial score (nSPS) is 17.8. The average Bonchev–Trinajstić information content (AvgIpc) is 2.90. The Hall–Kier alpha value is -2.14. The minimum absolute atomic E-state index is 0.0717. The molecular weight excluding hydrogens is 296 g/mol. The van der Waals surface area contributed by atoms with E-state index in [4.69, 9.17) is 10.5 Å². The molecule has 1 heterocycles. The second kappa shape index (κ2) is 6.32. The van der Waals surface area contributed by atoms with Crippen molar-refractivity contribution in [3.63, 3.8) is 0 Å². The van der Waals surface area contributed by atoms with Crippen molar-refractivity contribution in [1.82, 2.24) is 0 Å². The number of hydrogen-bond donors (Lipinski definition) is 1. The number of anilines is 2. The van der Waals surface area contributed by atoms with Crippen molar-refractivity contribution in [2.24, 2.45) is 0 Å². The summed E-state index contributed by atoms with van der Waals surface area (Å²) < 4.78 is 5.68. The molecule has 2 aromatic rings. The molecule has 1 saturated heterocycles. The first-order valence-corrected chi connectivity index (χ1v) is 8.26. The Bertz CT molecular complexity index is 690. The number of carbonyl (C=O) groups is 1. The fraction of sp³-hybridized carbons (Fsp3) is 0.235. The molecule has 3 rings (SSSR count). The lowest BCUT2D eigenvalue weighted by Crippen LogP contribution is -2.28. The first kappa shape index (κ1) is 14.8. The predicted molar refractivity (Wildman–Crippen MR) is 91.2 cm³/mol. The molecule has 0 saturated carbocycles. The molecule has 0 aromatic heterocycles. The van der Waals surface area contributed by atoms with Crippen LogP contribution in [-0.4, -0.2) is 18.3 Å². The van der Waals surface area contributed by atoms with E-state index >= 15 is 0 Å². The van der Waals surface area contributed by atoms with Crippen molar-refractivity contribution >= 4 is 29.0 Å². The molecular formula is C17H18N2O2S. The SMILES string of the molecule is CCOc1ccccc1N1C(=O)CS[C@H]1c1cccc(N)c1. The fourth-order valence-corrected chi connectivity index (χ4v) is 3.74. The molecule has 2 aromatic carbocycles. The van der Waals surface area contributed by atoms with Gasteiger partial charge in [-0.1, -0.05) is 24.3 Å². The van der Waals surface area contributed by atoms with Crippen LogP contribution in [0.2, 0.25) is 0 Å². The Labute approximate surface area is 134 Å². The lowest BCUT2D eigenvalue weighted by molar-refractivity contribution is -0.115. The van der Waals surface area contributed by atoms with Crippen LogP contribution in [0.15, 0.2) is 48.5 Å². The van der Waals surface area contributed by atoms with Gasteiger partial charge in [-0.15, -0.1) is 11.8 Å². The van der Waals surface area contributed by atoms with Gasteiger partial charge in [-0.25, -0.2) is 0 Å². The summed E-state index contributed by atoms with van der Waals surface area (Å²) in [5, 5.41) is -0.0717. The number of ether oxygens (including phenoxy) is 1. The minimum atomic E-state index is -0.0717. The van der Waals surface area contributed by atoms with Crippen molar-refractivity contribution in [2.45, 2.75) is 12.3 Å². The summed E-state index contributed by atoms with van der Waals surface area (Å²) >= 11 is 1.61. The van der Waals surface area contributed by atoms with Gasteiger partial charge in [0.25, 0.3) is 0 Å². The summed E-state index contributed by atoms with van der Waals surface area (Å²) in [6, 6.07) is 15.3. The van der Waals surface area contributed by atoms with Gasteiger partial charge in [0.2, 0.25) is 5.91 Å². The van der Waals surface area contributed by atoms with Crippen molar-refractivity contribution in [3.8, 4) is 5.75 Å². The molecule has 5 heteroatoms. The van der Waals surface area contributed by atoms with E-state index < -0.39 is 0 Å². The van der Waals surface area contributed by atoms with Gasteiger partial charge >= 0.3 is 0 Å². The molecule has 0 aliphatic carbocycles. The monoisotopic (exact) mass is 314 g/mol. The number of carbonyl (C=O) groups excluding carboxylic acids is 1. The fourth-order valence-electron chi connectivity index (χ4n) is 2.58. The highest BCUT2D eigenvalue weighted by atomic mass is 32.2. The van der Waals surface area contributed by atoms with E-state index in [-0.39, 0.29) is 11.3 Å². The van der Waals surface area contributed by atoms with Crippen molar-refractivity contribution in [3.05, 3.63) is 54.1 Å². The number of nitrogens with zero attached hydrogens (tertiary/aromatic N) is 1. The van der Waals surface area contributed by atoms with Crippen LogP contribution in [0.3, 0.4) is 0 Å². The Kier molecular flexibility index (Phi) is 4.24. The quantitative estimate of drug-likeness (QED) is 0.878. The van der Waals surface area contributed by atoms with Gasteiger partial charge in [0.1, 0.15) is 11.1 Å². The summed E-state index contributed by atoms with van der Waals surface area (Å²) in [6.45, 7) is 2.50. The van der Waals surface area contributed by atoms with Gasteiger partial charge in [0.15, 0.2) is 0 Å². The van der Waals surface area contributed by atoms with Crippen molar-refractivity contribution in [1.29, 1.82) is 0 Å². The van der Waals surface area contributed by atoms with Crippen molar-refractivity contribution < 1.29 is 9.53 Å². The average molecular weight is 314 g/mol.